The van der Waals surface area contributed by atoms with Crippen molar-refractivity contribution in [2.75, 3.05) is 18.0 Å². The maximum atomic E-state index is 11.3. The number of carboxylic acid groups (broad SMARTS) is 1. The van der Waals surface area contributed by atoms with Crippen LogP contribution in [-0.2, 0) is 0 Å². The standard InChI is InChI=1S/C14H18ClNO2/c1-2-10-5-4-8-16(9-10)12-7-3-6-11(15)13(12)14(17)18/h3,6-7,10H,2,4-5,8-9H2,1H3,(H,17,18). The van der Waals surface area contributed by atoms with Crippen molar-refractivity contribution in [3.63, 3.8) is 0 Å². The molecule has 0 spiro atoms. The summed E-state index contributed by atoms with van der Waals surface area (Å²) in [6, 6.07) is 5.31. The Labute approximate surface area is 112 Å². The zero-order valence-corrected chi connectivity index (χ0v) is 11.3. The van der Waals surface area contributed by atoms with Gasteiger partial charge < -0.3 is 10.0 Å². The fourth-order valence-electron chi connectivity index (χ4n) is 2.61. The minimum absolute atomic E-state index is 0.232. The van der Waals surface area contributed by atoms with Crippen molar-refractivity contribution in [2.45, 2.75) is 26.2 Å². The summed E-state index contributed by atoms with van der Waals surface area (Å²) in [5.41, 5.74) is 0.990. The van der Waals surface area contributed by atoms with Gasteiger partial charge in [0, 0.05) is 13.1 Å². The predicted molar refractivity (Wildman–Crippen MR) is 73.6 cm³/mol. The van der Waals surface area contributed by atoms with Gasteiger partial charge in [0.25, 0.3) is 0 Å². The van der Waals surface area contributed by atoms with Crippen LogP contribution in [0, 0.1) is 5.92 Å². The average molecular weight is 268 g/mol. The first-order valence-corrected chi connectivity index (χ1v) is 6.78. The van der Waals surface area contributed by atoms with Gasteiger partial charge in [0.15, 0.2) is 0 Å². The third kappa shape index (κ3) is 2.61. The van der Waals surface area contributed by atoms with Gasteiger partial charge in [0.1, 0.15) is 5.56 Å². The van der Waals surface area contributed by atoms with Crippen LogP contribution in [0.3, 0.4) is 0 Å². The van der Waals surface area contributed by atoms with Crippen molar-refractivity contribution in [3.05, 3.63) is 28.8 Å². The number of rotatable bonds is 3. The molecule has 1 aliphatic rings. The molecule has 0 bridgehead atoms. The normalized spacial score (nSPS) is 19.9. The number of carboxylic acids is 1. The van der Waals surface area contributed by atoms with Crippen LogP contribution in [0.1, 0.15) is 36.5 Å². The molecule has 1 N–H and O–H groups in total. The first-order valence-electron chi connectivity index (χ1n) is 6.40. The molecule has 2 rings (SSSR count). The summed E-state index contributed by atoms with van der Waals surface area (Å²) >= 11 is 6.01. The minimum Gasteiger partial charge on any atom is -0.478 e. The van der Waals surface area contributed by atoms with E-state index in [1.165, 1.54) is 6.42 Å². The van der Waals surface area contributed by atoms with Crippen LogP contribution in [0.4, 0.5) is 5.69 Å². The lowest BCUT2D eigenvalue weighted by atomic mass is 9.94. The smallest absolute Gasteiger partial charge is 0.339 e. The van der Waals surface area contributed by atoms with Crippen LogP contribution in [0.25, 0.3) is 0 Å². The Balaban J connectivity index is 2.32. The summed E-state index contributed by atoms with van der Waals surface area (Å²) in [6.07, 6.45) is 3.49. The SMILES string of the molecule is CCC1CCCN(c2cccc(Cl)c2C(=O)O)C1. The van der Waals surface area contributed by atoms with Crippen LogP contribution in [0.2, 0.25) is 5.02 Å². The number of aromatic carboxylic acids is 1. The quantitative estimate of drug-likeness (QED) is 0.908. The lowest BCUT2D eigenvalue weighted by Gasteiger charge is -2.34. The molecule has 0 aromatic heterocycles. The van der Waals surface area contributed by atoms with Gasteiger partial charge in [-0.2, -0.15) is 0 Å². The van der Waals surface area contributed by atoms with E-state index in [0.29, 0.717) is 10.9 Å². The molecular formula is C14H18ClNO2. The Morgan fingerprint density at radius 1 is 1.56 bits per heavy atom. The van der Waals surface area contributed by atoms with Gasteiger partial charge in [-0.3, -0.25) is 0 Å². The molecule has 1 aliphatic heterocycles. The lowest BCUT2D eigenvalue weighted by molar-refractivity contribution is 0.0697. The third-order valence-corrected chi connectivity index (χ3v) is 3.96. The first-order chi connectivity index (χ1) is 8.63. The van der Waals surface area contributed by atoms with E-state index in [2.05, 4.69) is 11.8 Å². The van der Waals surface area contributed by atoms with Gasteiger partial charge in [-0.25, -0.2) is 4.79 Å². The highest BCUT2D eigenvalue weighted by molar-refractivity contribution is 6.34. The van der Waals surface area contributed by atoms with Gasteiger partial charge in [-0.05, 0) is 30.9 Å². The largest absolute Gasteiger partial charge is 0.478 e. The van der Waals surface area contributed by atoms with Gasteiger partial charge in [-0.1, -0.05) is 31.0 Å². The molecule has 1 saturated heterocycles. The molecule has 18 heavy (non-hydrogen) atoms. The van der Waals surface area contributed by atoms with E-state index in [1.807, 2.05) is 12.1 Å². The summed E-state index contributed by atoms with van der Waals surface area (Å²) in [5.74, 6) is -0.298. The third-order valence-electron chi connectivity index (χ3n) is 3.64. The van der Waals surface area contributed by atoms with Gasteiger partial charge in [0.05, 0.1) is 10.7 Å². The molecule has 1 aromatic rings. The van der Waals surface area contributed by atoms with E-state index < -0.39 is 5.97 Å². The Morgan fingerprint density at radius 2 is 2.33 bits per heavy atom. The van der Waals surface area contributed by atoms with Crippen molar-refractivity contribution in [1.29, 1.82) is 0 Å². The average Bonchev–Trinajstić information content (AvgIpc) is 2.38. The number of nitrogens with zero attached hydrogens (tertiary/aromatic N) is 1. The monoisotopic (exact) mass is 267 g/mol. The van der Waals surface area contributed by atoms with E-state index in [9.17, 15) is 9.90 Å². The molecule has 3 nitrogen and oxygen atoms in total. The minimum atomic E-state index is -0.950. The Hall–Kier alpha value is -1.22. The van der Waals surface area contributed by atoms with Gasteiger partial charge >= 0.3 is 5.97 Å². The Kier molecular flexibility index (Phi) is 4.12. The molecule has 1 fully saturated rings. The van der Waals surface area contributed by atoms with E-state index >= 15 is 0 Å². The molecule has 0 amide bonds. The van der Waals surface area contributed by atoms with Crippen LogP contribution < -0.4 is 4.90 Å². The number of benzene rings is 1. The fraction of sp³-hybridized carbons (Fsp3) is 0.500. The van der Waals surface area contributed by atoms with Crippen LogP contribution in [0.5, 0.6) is 0 Å². The summed E-state index contributed by atoms with van der Waals surface area (Å²) in [4.78, 5) is 13.5. The van der Waals surface area contributed by atoms with Gasteiger partial charge in [0.2, 0.25) is 0 Å². The summed E-state index contributed by atoms with van der Waals surface area (Å²) in [7, 11) is 0. The Bertz CT molecular complexity index is 447. The predicted octanol–water partition coefficient (Wildman–Crippen LogP) is 3.66. The molecule has 1 heterocycles. The lowest BCUT2D eigenvalue weighted by Crippen LogP contribution is -2.36. The first kappa shape index (κ1) is 13.2. The maximum Gasteiger partial charge on any atom is 0.339 e. The molecule has 4 heteroatoms. The molecule has 1 aromatic carbocycles. The zero-order valence-electron chi connectivity index (χ0n) is 10.5. The highest BCUT2D eigenvalue weighted by Crippen LogP contribution is 2.31. The van der Waals surface area contributed by atoms with E-state index in [0.717, 1.165) is 31.6 Å². The molecule has 0 aliphatic carbocycles. The van der Waals surface area contributed by atoms with E-state index in [4.69, 9.17) is 11.6 Å². The summed E-state index contributed by atoms with van der Waals surface area (Å²) < 4.78 is 0. The number of hydrogen-bond donors (Lipinski definition) is 1. The topological polar surface area (TPSA) is 40.5 Å². The van der Waals surface area contributed by atoms with E-state index in [1.54, 1.807) is 6.07 Å². The second-order valence-corrected chi connectivity index (χ2v) is 5.21. The number of anilines is 1. The van der Waals surface area contributed by atoms with Crippen LogP contribution >= 0.6 is 11.6 Å². The number of piperidine rings is 1. The molecular weight excluding hydrogens is 250 g/mol. The van der Waals surface area contributed by atoms with Crippen LogP contribution in [0.15, 0.2) is 18.2 Å². The molecule has 0 saturated carbocycles. The fourth-order valence-corrected chi connectivity index (χ4v) is 2.86. The van der Waals surface area contributed by atoms with Crippen molar-refractivity contribution >= 4 is 23.3 Å². The molecule has 98 valence electrons. The van der Waals surface area contributed by atoms with Crippen molar-refractivity contribution in [1.82, 2.24) is 0 Å². The zero-order chi connectivity index (χ0) is 13.1. The highest BCUT2D eigenvalue weighted by Gasteiger charge is 2.23. The number of halogens is 1. The summed E-state index contributed by atoms with van der Waals surface area (Å²) in [6.45, 7) is 4.03. The molecule has 1 unspecified atom stereocenters. The van der Waals surface area contributed by atoms with Crippen molar-refractivity contribution < 1.29 is 9.90 Å². The number of hydrogen-bond acceptors (Lipinski definition) is 2. The molecule has 0 radical (unpaired) electrons. The number of carbonyl (C=O) groups is 1. The summed E-state index contributed by atoms with van der Waals surface area (Å²) in [5, 5.41) is 9.61. The molecule has 1 atom stereocenters. The van der Waals surface area contributed by atoms with Crippen molar-refractivity contribution in [3.8, 4) is 0 Å². The van der Waals surface area contributed by atoms with Crippen LogP contribution in [-0.4, -0.2) is 24.2 Å². The van der Waals surface area contributed by atoms with E-state index in [-0.39, 0.29) is 5.56 Å². The Morgan fingerprint density at radius 3 is 3.00 bits per heavy atom. The second kappa shape index (κ2) is 5.61. The van der Waals surface area contributed by atoms with Gasteiger partial charge in [-0.15, -0.1) is 0 Å². The second-order valence-electron chi connectivity index (χ2n) is 4.80. The highest BCUT2D eigenvalue weighted by atomic mass is 35.5. The van der Waals surface area contributed by atoms with Crippen molar-refractivity contribution in [2.24, 2.45) is 5.92 Å². The maximum absolute atomic E-state index is 11.3.